The molecule has 23 heavy (non-hydrogen) atoms. The Labute approximate surface area is 154 Å². The molecule has 0 radical (unpaired) electrons. The van der Waals surface area contributed by atoms with Crippen LogP contribution in [0.1, 0.15) is 10.4 Å². The minimum atomic E-state index is -0.478. The molecule has 0 bridgehead atoms. The summed E-state index contributed by atoms with van der Waals surface area (Å²) in [6, 6.07) is 8.07. The highest BCUT2D eigenvalue weighted by atomic mass is 79.9. The highest BCUT2D eigenvalue weighted by Crippen LogP contribution is 2.34. The number of halogens is 2. The number of phenolic OH excluding ortho intramolecular Hbond substituents is 1. The van der Waals surface area contributed by atoms with Gasteiger partial charge in [0.15, 0.2) is 0 Å². The van der Waals surface area contributed by atoms with E-state index >= 15 is 0 Å². The van der Waals surface area contributed by atoms with Gasteiger partial charge in [-0.25, -0.2) is 0 Å². The molecular weight excluding hydrogens is 448 g/mol. The second kappa shape index (κ2) is 7.70. The molecule has 0 fully saturated rings. The van der Waals surface area contributed by atoms with Gasteiger partial charge in [0.2, 0.25) is 0 Å². The van der Waals surface area contributed by atoms with Gasteiger partial charge >= 0.3 is 0 Å². The van der Waals surface area contributed by atoms with Crippen LogP contribution in [0.3, 0.4) is 0 Å². The molecule has 0 aliphatic rings. The van der Waals surface area contributed by atoms with Crippen molar-refractivity contribution in [2.45, 2.75) is 0 Å². The Morgan fingerprint density at radius 3 is 2.74 bits per heavy atom. The summed E-state index contributed by atoms with van der Waals surface area (Å²) in [5.41, 5.74) is 1.12. The summed E-state index contributed by atoms with van der Waals surface area (Å²) in [5.74, 6) is -0.209. The summed E-state index contributed by atoms with van der Waals surface area (Å²) < 4.78 is 6.30. The molecule has 0 aliphatic carbocycles. The monoisotopic (exact) mass is 456 g/mol. The van der Waals surface area contributed by atoms with Crippen LogP contribution in [0, 0.1) is 0 Å². The van der Waals surface area contributed by atoms with Crippen LogP contribution in [0.15, 0.2) is 44.3 Å². The zero-order valence-electron chi connectivity index (χ0n) is 11.8. The number of amides is 1. The van der Waals surface area contributed by atoms with Gasteiger partial charge in [0, 0.05) is 10.5 Å². The van der Waals surface area contributed by atoms with Gasteiger partial charge in [0.05, 0.1) is 33.7 Å². The lowest BCUT2D eigenvalue weighted by molar-refractivity contribution is 0.102. The number of aromatic hydroxyl groups is 1. The van der Waals surface area contributed by atoms with Gasteiger partial charge in [-0.05, 0) is 52.4 Å². The Balaban J connectivity index is 2.35. The molecule has 8 heteroatoms. The largest absolute Gasteiger partial charge is 0.506 e. The summed E-state index contributed by atoms with van der Waals surface area (Å²) in [6.45, 7) is 0. The van der Waals surface area contributed by atoms with E-state index in [2.05, 4.69) is 59.5 Å². The predicted molar refractivity (Wildman–Crippen MR) is 99.1 cm³/mol. The third-order valence-corrected chi connectivity index (χ3v) is 4.03. The maximum atomic E-state index is 12.4. The van der Waals surface area contributed by atoms with Crippen molar-refractivity contribution in [2.75, 3.05) is 12.4 Å². The molecule has 2 rings (SSSR count). The van der Waals surface area contributed by atoms with Gasteiger partial charge in [-0.3, -0.25) is 4.79 Å². The van der Waals surface area contributed by atoms with Crippen molar-refractivity contribution in [1.82, 2.24) is 0 Å². The molecule has 0 saturated heterocycles. The summed E-state index contributed by atoms with van der Waals surface area (Å²) in [5, 5.41) is 15.0. The van der Waals surface area contributed by atoms with Gasteiger partial charge in [-0.15, -0.1) is 0 Å². The summed E-state index contributed by atoms with van der Waals surface area (Å²) in [7, 11) is 1.48. The van der Waals surface area contributed by atoms with E-state index in [-0.39, 0.29) is 11.3 Å². The van der Waals surface area contributed by atoms with Gasteiger partial charge in [0.25, 0.3) is 5.91 Å². The number of hydrogen-bond donors (Lipinski definition) is 2. The standard InChI is InChI=1S/C15H10Br2N2O3S/c1-22-13-6-9(18-7-23)2-3-12(13)19-15(21)10-4-8(16)5-11(17)14(10)20/h2-6,20H,1H3,(H,19,21). The van der Waals surface area contributed by atoms with Crippen LogP contribution in [0.4, 0.5) is 11.4 Å². The van der Waals surface area contributed by atoms with Gasteiger partial charge in [-0.1, -0.05) is 15.9 Å². The van der Waals surface area contributed by atoms with Crippen molar-refractivity contribution < 1.29 is 14.6 Å². The molecule has 118 valence electrons. The molecule has 2 N–H and O–H groups in total. The predicted octanol–water partition coefficient (Wildman–Crippen LogP) is 4.91. The maximum absolute atomic E-state index is 12.4. The minimum Gasteiger partial charge on any atom is -0.506 e. The number of hydrogen-bond acceptors (Lipinski definition) is 5. The highest BCUT2D eigenvalue weighted by Gasteiger charge is 2.17. The molecule has 1 amide bonds. The van der Waals surface area contributed by atoms with Crippen LogP contribution in [-0.2, 0) is 0 Å². The van der Waals surface area contributed by atoms with Crippen molar-refractivity contribution in [2.24, 2.45) is 4.99 Å². The number of carbonyl (C=O) groups is 1. The van der Waals surface area contributed by atoms with Crippen LogP contribution in [0.5, 0.6) is 11.5 Å². The number of benzene rings is 2. The highest BCUT2D eigenvalue weighted by molar-refractivity contribution is 9.11. The Morgan fingerprint density at radius 1 is 1.35 bits per heavy atom. The summed E-state index contributed by atoms with van der Waals surface area (Å²) in [6.07, 6.45) is 0. The number of aliphatic imine (C=N–C) groups is 1. The fourth-order valence-electron chi connectivity index (χ4n) is 1.83. The first-order valence-electron chi connectivity index (χ1n) is 6.21. The van der Waals surface area contributed by atoms with Gasteiger partial charge in [0.1, 0.15) is 11.5 Å². The lowest BCUT2D eigenvalue weighted by Crippen LogP contribution is -2.13. The first-order valence-corrected chi connectivity index (χ1v) is 8.21. The van der Waals surface area contributed by atoms with Gasteiger partial charge < -0.3 is 15.2 Å². The van der Waals surface area contributed by atoms with E-state index in [0.717, 1.165) is 0 Å². The van der Waals surface area contributed by atoms with E-state index in [1.807, 2.05) is 0 Å². The van der Waals surface area contributed by atoms with E-state index in [1.54, 1.807) is 24.3 Å². The lowest BCUT2D eigenvalue weighted by atomic mass is 10.1. The number of nitrogens with one attached hydrogen (secondary N) is 1. The first kappa shape index (κ1) is 17.6. The minimum absolute atomic E-state index is 0.120. The fourth-order valence-corrected chi connectivity index (χ4v) is 3.16. The SMILES string of the molecule is COc1cc(N=C=S)ccc1NC(=O)c1cc(Br)cc(Br)c1O. The Hall–Kier alpha value is -1.73. The number of nitrogens with zero attached hydrogens (tertiary/aromatic N) is 1. The van der Waals surface area contributed by atoms with Crippen LogP contribution in [-0.4, -0.2) is 23.3 Å². The molecule has 2 aromatic rings. The van der Waals surface area contributed by atoms with E-state index in [9.17, 15) is 9.90 Å². The van der Waals surface area contributed by atoms with Crippen molar-refractivity contribution in [1.29, 1.82) is 0 Å². The number of carbonyl (C=O) groups excluding carboxylic acids is 1. The molecule has 5 nitrogen and oxygen atoms in total. The number of anilines is 1. The summed E-state index contributed by atoms with van der Waals surface area (Å²) in [4.78, 5) is 16.2. The van der Waals surface area contributed by atoms with E-state index < -0.39 is 5.91 Å². The van der Waals surface area contributed by atoms with Gasteiger partial charge in [-0.2, -0.15) is 4.99 Å². The fraction of sp³-hybridized carbons (Fsp3) is 0.0667. The van der Waals surface area contributed by atoms with Crippen molar-refractivity contribution in [3.05, 3.63) is 44.8 Å². The number of methoxy groups -OCH3 is 1. The smallest absolute Gasteiger partial charge is 0.259 e. The summed E-state index contributed by atoms with van der Waals surface area (Å²) >= 11 is 11.0. The van der Waals surface area contributed by atoms with Crippen molar-refractivity contribution in [3.8, 4) is 11.5 Å². The Bertz CT molecular complexity index is 821. The molecule has 0 atom stereocenters. The lowest BCUT2D eigenvalue weighted by Gasteiger charge is -2.12. The quantitative estimate of drug-likeness (QED) is 0.505. The average molecular weight is 458 g/mol. The average Bonchev–Trinajstić information content (AvgIpc) is 2.52. The normalized spacial score (nSPS) is 9.87. The van der Waals surface area contributed by atoms with Crippen LogP contribution in [0.25, 0.3) is 0 Å². The topological polar surface area (TPSA) is 70.9 Å². The molecule has 0 aliphatic heterocycles. The van der Waals surface area contributed by atoms with E-state index in [1.165, 1.54) is 13.2 Å². The Morgan fingerprint density at radius 2 is 2.09 bits per heavy atom. The van der Waals surface area contributed by atoms with Crippen molar-refractivity contribution in [3.63, 3.8) is 0 Å². The number of rotatable bonds is 4. The first-order chi connectivity index (χ1) is 11.0. The van der Waals surface area contributed by atoms with E-state index in [0.29, 0.717) is 26.1 Å². The second-order valence-corrected chi connectivity index (χ2v) is 6.28. The van der Waals surface area contributed by atoms with Crippen LogP contribution in [0.2, 0.25) is 0 Å². The number of isothiocyanates is 1. The number of phenols is 1. The molecule has 0 spiro atoms. The number of thiocarbonyl (C=S) groups is 1. The molecule has 0 unspecified atom stereocenters. The third-order valence-electron chi connectivity index (χ3n) is 2.88. The zero-order valence-corrected chi connectivity index (χ0v) is 15.8. The molecule has 2 aromatic carbocycles. The molecular formula is C15H10Br2N2O3S. The molecule has 0 saturated carbocycles. The second-order valence-electron chi connectivity index (χ2n) is 4.33. The Kier molecular flexibility index (Phi) is 5.90. The number of ether oxygens (including phenoxy) is 1. The van der Waals surface area contributed by atoms with E-state index in [4.69, 9.17) is 4.74 Å². The molecule has 0 aromatic heterocycles. The zero-order chi connectivity index (χ0) is 17.0. The van der Waals surface area contributed by atoms with Crippen LogP contribution >= 0.6 is 44.1 Å². The van der Waals surface area contributed by atoms with Crippen molar-refractivity contribution >= 4 is 66.5 Å². The maximum Gasteiger partial charge on any atom is 0.259 e. The van der Waals surface area contributed by atoms with Crippen LogP contribution < -0.4 is 10.1 Å². The third kappa shape index (κ3) is 4.17. The molecule has 0 heterocycles.